The minimum atomic E-state index is 0.198. The van der Waals surface area contributed by atoms with Gasteiger partial charge in [0.05, 0.1) is 6.04 Å². The Kier molecular flexibility index (Phi) is 5.03. The van der Waals surface area contributed by atoms with Crippen LogP contribution in [0.5, 0.6) is 5.75 Å². The summed E-state index contributed by atoms with van der Waals surface area (Å²) in [6.07, 6.45) is 0. The maximum absolute atomic E-state index is 6.04. The third kappa shape index (κ3) is 3.85. The highest BCUT2D eigenvalue weighted by atomic mass is 16.5. The number of hydrogen-bond donors (Lipinski definition) is 1. The van der Waals surface area contributed by atoms with Gasteiger partial charge in [0.25, 0.3) is 0 Å². The fourth-order valence-electron chi connectivity index (χ4n) is 2.61. The zero-order valence-electron chi connectivity index (χ0n) is 13.7. The quantitative estimate of drug-likeness (QED) is 0.885. The molecule has 1 atom stereocenters. The number of benzene rings is 2. The molecule has 0 fully saturated rings. The minimum Gasteiger partial charge on any atom is -0.491 e. The highest BCUT2D eigenvalue weighted by Crippen LogP contribution is 2.23. The summed E-state index contributed by atoms with van der Waals surface area (Å²) in [4.78, 5) is 0. The van der Waals surface area contributed by atoms with Crippen LogP contribution in [0.25, 0.3) is 0 Å². The van der Waals surface area contributed by atoms with Crippen LogP contribution in [0.1, 0.15) is 33.9 Å². The molecular weight excluding hydrogens is 258 g/mol. The van der Waals surface area contributed by atoms with E-state index in [0.29, 0.717) is 6.61 Å². The Morgan fingerprint density at radius 2 is 1.67 bits per heavy atom. The number of ether oxygens (including phenoxy) is 1. The van der Waals surface area contributed by atoms with Crippen LogP contribution >= 0.6 is 0 Å². The Morgan fingerprint density at radius 3 is 2.29 bits per heavy atom. The molecule has 1 unspecified atom stereocenters. The van der Waals surface area contributed by atoms with Crippen LogP contribution in [0, 0.1) is 27.7 Å². The standard InChI is InChI=1S/C19H25NO/c1-13-9-14(2)11-17(10-13)18(20-5)12-21-19-8-6-7-15(3)16(19)4/h6-11,18,20H,12H2,1-5H3. The number of aryl methyl sites for hydroxylation is 3. The summed E-state index contributed by atoms with van der Waals surface area (Å²) in [7, 11) is 1.98. The van der Waals surface area contributed by atoms with E-state index in [0.717, 1.165) is 5.75 Å². The highest BCUT2D eigenvalue weighted by Gasteiger charge is 2.12. The molecule has 21 heavy (non-hydrogen) atoms. The van der Waals surface area contributed by atoms with Gasteiger partial charge in [0.1, 0.15) is 12.4 Å². The van der Waals surface area contributed by atoms with Crippen LogP contribution in [0.3, 0.4) is 0 Å². The van der Waals surface area contributed by atoms with E-state index in [9.17, 15) is 0 Å². The van der Waals surface area contributed by atoms with Crippen LogP contribution < -0.4 is 10.1 Å². The monoisotopic (exact) mass is 283 g/mol. The molecule has 0 saturated carbocycles. The summed E-state index contributed by atoms with van der Waals surface area (Å²) in [5, 5.41) is 3.35. The average Bonchev–Trinajstić information content (AvgIpc) is 2.43. The van der Waals surface area contributed by atoms with E-state index in [1.165, 1.54) is 27.8 Å². The average molecular weight is 283 g/mol. The van der Waals surface area contributed by atoms with Crippen LogP contribution in [0.4, 0.5) is 0 Å². The molecule has 2 heteroatoms. The molecule has 112 valence electrons. The molecule has 1 N–H and O–H groups in total. The lowest BCUT2D eigenvalue weighted by atomic mass is 10.0. The second kappa shape index (κ2) is 6.77. The topological polar surface area (TPSA) is 21.3 Å². The van der Waals surface area contributed by atoms with Gasteiger partial charge in [-0.25, -0.2) is 0 Å². The number of rotatable bonds is 5. The third-order valence-electron chi connectivity index (χ3n) is 3.96. The van der Waals surface area contributed by atoms with Gasteiger partial charge < -0.3 is 10.1 Å². The maximum atomic E-state index is 6.04. The van der Waals surface area contributed by atoms with Gasteiger partial charge in [-0.1, -0.05) is 41.5 Å². The zero-order valence-corrected chi connectivity index (χ0v) is 13.7. The van der Waals surface area contributed by atoms with Gasteiger partial charge >= 0.3 is 0 Å². The fraction of sp³-hybridized carbons (Fsp3) is 0.368. The van der Waals surface area contributed by atoms with Gasteiger partial charge in [-0.05, 0) is 57.5 Å². The van der Waals surface area contributed by atoms with E-state index in [1.807, 2.05) is 19.2 Å². The molecule has 0 radical (unpaired) electrons. The normalized spacial score (nSPS) is 12.2. The molecule has 0 aliphatic rings. The maximum Gasteiger partial charge on any atom is 0.122 e. The van der Waals surface area contributed by atoms with Gasteiger partial charge in [-0.3, -0.25) is 0 Å². The first-order valence-electron chi connectivity index (χ1n) is 7.45. The summed E-state index contributed by atoms with van der Waals surface area (Å²) in [5.41, 5.74) is 6.34. The lowest BCUT2D eigenvalue weighted by Gasteiger charge is -2.20. The molecule has 2 nitrogen and oxygen atoms in total. The molecule has 0 spiro atoms. The van der Waals surface area contributed by atoms with Crippen molar-refractivity contribution < 1.29 is 4.74 Å². The Bertz CT molecular complexity index is 599. The van der Waals surface area contributed by atoms with Gasteiger partial charge in [0.2, 0.25) is 0 Å². The van der Waals surface area contributed by atoms with Crippen LogP contribution in [-0.2, 0) is 0 Å². The molecule has 2 aromatic carbocycles. The number of hydrogen-bond acceptors (Lipinski definition) is 2. The molecular formula is C19H25NO. The minimum absolute atomic E-state index is 0.198. The first-order chi connectivity index (χ1) is 10.0. The lowest BCUT2D eigenvalue weighted by Crippen LogP contribution is -2.23. The molecule has 0 heterocycles. The summed E-state index contributed by atoms with van der Waals surface area (Å²) in [6, 6.07) is 13.0. The molecule has 2 aromatic rings. The smallest absolute Gasteiger partial charge is 0.122 e. The van der Waals surface area contributed by atoms with Gasteiger partial charge in [-0.15, -0.1) is 0 Å². The fourth-order valence-corrected chi connectivity index (χ4v) is 2.61. The lowest BCUT2D eigenvalue weighted by molar-refractivity contribution is 0.271. The van der Waals surface area contributed by atoms with Crippen LogP contribution in [0.2, 0.25) is 0 Å². The molecule has 0 bridgehead atoms. The van der Waals surface area contributed by atoms with E-state index in [-0.39, 0.29) is 6.04 Å². The molecule has 0 aromatic heterocycles. The van der Waals surface area contributed by atoms with Crippen molar-refractivity contribution in [2.75, 3.05) is 13.7 Å². The first-order valence-corrected chi connectivity index (χ1v) is 7.45. The van der Waals surface area contributed by atoms with Crippen molar-refractivity contribution in [1.82, 2.24) is 5.32 Å². The van der Waals surface area contributed by atoms with E-state index < -0.39 is 0 Å². The van der Waals surface area contributed by atoms with Gasteiger partial charge in [0, 0.05) is 0 Å². The third-order valence-corrected chi connectivity index (χ3v) is 3.96. The number of nitrogens with one attached hydrogen (secondary N) is 1. The molecule has 0 aliphatic heterocycles. The van der Waals surface area contributed by atoms with E-state index in [1.54, 1.807) is 0 Å². The molecule has 0 saturated heterocycles. The second-order valence-electron chi connectivity index (χ2n) is 5.77. The van der Waals surface area contributed by atoms with Crippen molar-refractivity contribution in [3.63, 3.8) is 0 Å². The predicted octanol–water partition coefficient (Wildman–Crippen LogP) is 4.26. The van der Waals surface area contributed by atoms with Gasteiger partial charge in [-0.2, -0.15) is 0 Å². The Labute approximate surface area is 128 Å². The number of likely N-dealkylation sites (N-methyl/N-ethyl adjacent to an activating group) is 1. The summed E-state index contributed by atoms with van der Waals surface area (Å²) in [6.45, 7) is 9.12. The highest BCUT2D eigenvalue weighted by molar-refractivity contribution is 5.38. The van der Waals surface area contributed by atoms with Crippen molar-refractivity contribution in [3.05, 3.63) is 64.2 Å². The van der Waals surface area contributed by atoms with E-state index in [4.69, 9.17) is 4.74 Å². The first kappa shape index (κ1) is 15.6. The molecule has 0 amide bonds. The van der Waals surface area contributed by atoms with Crippen molar-refractivity contribution in [1.29, 1.82) is 0 Å². The molecule has 2 rings (SSSR count). The van der Waals surface area contributed by atoms with E-state index >= 15 is 0 Å². The SMILES string of the molecule is CNC(COc1cccc(C)c1C)c1cc(C)cc(C)c1. The van der Waals surface area contributed by atoms with Crippen molar-refractivity contribution in [2.24, 2.45) is 0 Å². The van der Waals surface area contributed by atoms with Crippen LogP contribution in [-0.4, -0.2) is 13.7 Å². The summed E-state index contributed by atoms with van der Waals surface area (Å²) < 4.78 is 6.04. The predicted molar refractivity (Wildman–Crippen MR) is 89.1 cm³/mol. The van der Waals surface area contributed by atoms with Gasteiger partial charge in [0.15, 0.2) is 0 Å². The van der Waals surface area contributed by atoms with E-state index in [2.05, 4.69) is 57.3 Å². The zero-order chi connectivity index (χ0) is 15.4. The second-order valence-corrected chi connectivity index (χ2v) is 5.77. The Hall–Kier alpha value is -1.80. The summed E-state index contributed by atoms with van der Waals surface area (Å²) in [5.74, 6) is 0.972. The van der Waals surface area contributed by atoms with Crippen molar-refractivity contribution in [2.45, 2.75) is 33.7 Å². The van der Waals surface area contributed by atoms with Crippen molar-refractivity contribution >= 4 is 0 Å². The van der Waals surface area contributed by atoms with Crippen molar-refractivity contribution in [3.8, 4) is 5.75 Å². The Morgan fingerprint density at radius 1 is 1.00 bits per heavy atom. The summed E-state index contributed by atoms with van der Waals surface area (Å²) >= 11 is 0. The largest absolute Gasteiger partial charge is 0.491 e. The molecule has 0 aliphatic carbocycles. The Balaban J connectivity index is 2.14. The van der Waals surface area contributed by atoms with Crippen LogP contribution in [0.15, 0.2) is 36.4 Å².